The highest BCUT2D eigenvalue weighted by Crippen LogP contribution is 2.22. The van der Waals surface area contributed by atoms with Crippen LogP contribution >= 0.6 is 0 Å². The molecule has 7 heteroatoms. The van der Waals surface area contributed by atoms with Crippen LogP contribution in [0.4, 0.5) is 11.5 Å². The molecule has 2 rings (SSSR count). The summed E-state index contributed by atoms with van der Waals surface area (Å²) in [4.78, 5) is 8.01. The Kier molecular flexibility index (Phi) is 3.66. The first-order chi connectivity index (χ1) is 9.04. The molecule has 0 atom stereocenters. The van der Waals surface area contributed by atoms with Crippen molar-refractivity contribution < 1.29 is 8.42 Å². The van der Waals surface area contributed by atoms with Gasteiger partial charge in [0.2, 0.25) is 0 Å². The SMILES string of the molecule is CNc1ncccc1S(=O)(=O)Nc1ccncc1C. The van der Waals surface area contributed by atoms with Crippen LogP contribution in [-0.2, 0) is 10.0 Å². The first-order valence-corrected chi connectivity index (χ1v) is 7.09. The molecule has 2 N–H and O–H groups in total. The number of nitrogens with one attached hydrogen (secondary N) is 2. The van der Waals surface area contributed by atoms with Crippen molar-refractivity contribution in [1.82, 2.24) is 9.97 Å². The second-order valence-electron chi connectivity index (χ2n) is 3.90. The Morgan fingerprint density at radius 1 is 1.21 bits per heavy atom. The fourth-order valence-electron chi connectivity index (χ4n) is 1.58. The molecule has 0 aliphatic carbocycles. The van der Waals surface area contributed by atoms with Gasteiger partial charge in [-0.3, -0.25) is 9.71 Å². The van der Waals surface area contributed by atoms with E-state index in [2.05, 4.69) is 20.0 Å². The average Bonchev–Trinajstić information content (AvgIpc) is 2.41. The lowest BCUT2D eigenvalue weighted by molar-refractivity contribution is 0.601. The van der Waals surface area contributed by atoms with Crippen LogP contribution in [0.3, 0.4) is 0 Å². The van der Waals surface area contributed by atoms with Crippen molar-refractivity contribution in [3.63, 3.8) is 0 Å². The average molecular weight is 278 g/mol. The van der Waals surface area contributed by atoms with Gasteiger partial charge in [-0.2, -0.15) is 0 Å². The molecule has 0 fully saturated rings. The van der Waals surface area contributed by atoms with E-state index in [4.69, 9.17) is 0 Å². The largest absolute Gasteiger partial charge is 0.372 e. The molecule has 2 heterocycles. The van der Waals surface area contributed by atoms with Gasteiger partial charge in [0, 0.05) is 25.6 Å². The molecule has 19 heavy (non-hydrogen) atoms. The predicted octanol–water partition coefficient (Wildman–Crippen LogP) is 1.63. The number of aromatic nitrogens is 2. The van der Waals surface area contributed by atoms with Crippen molar-refractivity contribution in [1.29, 1.82) is 0 Å². The number of rotatable bonds is 4. The Balaban J connectivity index is 2.41. The van der Waals surface area contributed by atoms with Gasteiger partial charge in [-0.1, -0.05) is 0 Å². The lowest BCUT2D eigenvalue weighted by Gasteiger charge is -2.12. The molecule has 0 radical (unpaired) electrons. The topological polar surface area (TPSA) is 84.0 Å². The summed E-state index contributed by atoms with van der Waals surface area (Å²) in [6.45, 7) is 1.78. The summed E-state index contributed by atoms with van der Waals surface area (Å²) >= 11 is 0. The molecule has 0 aliphatic heterocycles. The molecule has 0 aliphatic rings. The molecule has 0 bridgehead atoms. The quantitative estimate of drug-likeness (QED) is 0.888. The Morgan fingerprint density at radius 2 is 2.00 bits per heavy atom. The minimum Gasteiger partial charge on any atom is -0.372 e. The normalized spacial score (nSPS) is 11.1. The first kappa shape index (κ1) is 13.3. The fourth-order valence-corrected chi connectivity index (χ4v) is 2.88. The number of aryl methyl sites for hydroxylation is 1. The van der Waals surface area contributed by atoms with Crippen molar-refractivity contribution in [2.45, 2.75) is 11.8 Å². The summed E-state index contributed by atoms with van der Waals surface area (Å²) in [7, 11) is -2.06. The Hall–Kier alpha value is -2.15. The van der Waals surface area contributed by atoms with Crippen LogP contribution in [0, 0.1) is 6.92 Å². The van der Waals surface area contributed by atoms with Crippen LogP contribution in [0.5, 0.6) is 0 Å². The zero-order valence-electron chi connectivity index (χ0n) is 10.6. The zero-order chi connectivity index (χ0) is 13.9. The van der Waals surface area contributed by atoms with Crippen molar-refractivity contribution in [3.05, 3.63) is 42.4 Å². The van der Waals surface area contributed by atoms with Crippen molar-refractivity contribution >= 4 is 21.5 Å². The third kappa shape index (κ3) is 2.82. The van der Waals surface area contributed by atoms with Crippen molar-refractivity contribution in [2.24, 2.45) is 0 Å². The number of sulfonamides is 1. The maximum atomic E-state index is 12.3. The van der Waals surface area contributed by atoms with E-state index in [1.807, 2.05) is 0 Å². The van der Waals surface area contributed by atoms with Crippen molar-refractivity contribution in [3.8, 4) is 0 Å². The predicted molar refractivity (Wildman–Crippen MR) is 73.6 cm³/mol. The van der Waals surface area contributed by atoms with Gasteiger partial charge in [0.25, 0.3) is 10.0 Å². The van der Waals surface area contributed by atoms with E-state index in [1.165, 1.54) is 18.5 Å². The highest BCUT2D eigenvalue weighted by atomic mass is 32.2. The summed E-state index contributed by atoms with van der Waals surface area (Å²) in [5, 5.41) is 2.76. The van der Waals surface area contributed by atoms with E-state index in [1.54, 1.807) is 32.3 Å². The van der Waals surface area contributed by atoms with Gasteiger partial charge < -0.3 is 5.32 Å². The van der Waals surface area contributed by atoms with Crippen LogP contribution in [0.25, 0.3) is 0 Å². The Labute approximate surface area is 112 Å². The fraction of sp³-hybridized carbons (Fsp3) is 0.167. The standard InChI is InChI=1S/C12H14N4O2S/c1-9-8-14-7-5-10(9)16-19(17,18)11-4-3-6-15-12(11)13-2/h3-8H,1-2H3,(H,13,15)(H,14,16). The molecule has 0 unspecified atom stereocenters. The van der Waals surface area contributed by atoms with Gasteiger partial charge in [-0.05, 0) is 30.7 Å². The second kappa shape index (κ2) is 5.23. The van der Waals surface area contributed by atoms with Gasteiger partial charge >= 0.3 is 0 Å². The molecule has 0 aromatic carbocycles. The molecule has 0 saturated carbocycles. The van der Waals surface area contributed by atoms with Gasteiger partial charge in [0.15, 0.2) is 0 Å². The van der Waals surface area contributed by atoms with Gasteiger partial charge in [-0.25, -0.2) is 13.4 Å². The smallest absolute Gasteiger partial charge is 0.265 e. The highest BCUT2D eigenvalue weighted by Gasteiger charge is 2.19. The molecule has 0 saturated heterocycles. The Morgan fingerprint density at radius 3 is 2.68 bits per heavy atom. The number of nitrogens with zero attached hydrogens (tertiary/aromatic N) is 2. The van der Waals surface area contributed by atoms with E-state index < -0.39 is 10.0 Å². The number of hydrogen-bond acceptors (Lipinski definition) is 5. The molecule has 6 nitrogen and oxygen atoms in total. The third-order valence-electron chi connectivity index (χ3n) is 2.56. The molecule has 0 spiro atoms. The minimum atomic E-state index is -3.68. The molecular formula is C12H14N4O2S. The number of anilines is 2. The zero-order valence-corrected chi connectivity index (χ0v) is 11.4. The molecule has 2 aromatic rings. The maximum Gasteiger partial charge on any atom is 0.265 e. The van der Waals surface area contributed by atoms with E-state index in [0.717, 1.165) is 5.56 Å². The summed E-state index contributed by atoms with van der Waals surface area (Å²) in [6, 6.07) is 4.69. The van der Waals surface area contributed by atoms with Crippen LogP contribution in [-0.4, -0.2) is 25.4 Å². The molecular weight excluding hydrogens is 264 g/mol. The molecule has 100 valence electrons. The minimum absolute atomic E-state index is 0.105. The highest BCUT2D eigenvalue weighted by molar-refractivity contribution is 7.92. The summed E-state index contributed by atoms with van der Waals surface area (Å²) in [5.74, 6) is 0.307. The molecule has 2 aromatic heterocycles. The van der Waals surface area contributed by atoms with Gasteiger partial charge in [0.1, 0.15) is 10.7 Å². The van der Waals surface area contributed by atoms with Gasteiger partial charge in [-0.15, -0.1) is 0 Å². The van der Waals surface area contributed by atoms with Crippen LogP contribution in [0.2, 0.25) is 0 Å². The number of pyridine rings is 2. The monoisotopic (exact) mass is 278 g/mol. The summed E-state index contributed by atoms with van der Waals surface area (Å²) in [6.07, 6.45) is 4.66. The number of hydrogen-bond donors (Lipinski definition) is 2. The molecule has 0 amide bonds. The second-order valence-corrected chi connectivity index (χ2v) is 5.55. The summed E-state index contributed by atoms with van der Waals surface area (Å²) in [5.41, 5.74) is 1.25. The van der Waals surface area contributed by atoms with E-state index >= 15 is 0 Å². The first-order valence-electron chi connectivity index (χ1n) is 5.61. The maximum absolute atomic E-state index is 12.3. The van der Waals surface area contributed by atoms with E-state index in [-0.39, 0.29) is 4.90 Å². The van der Waals surface area contributed by atoms with E-state index in [0.29, 0.717) is 11.5 Å². The van der Waals surface area contributed by atoms with Crippen LogP contribution < -0.4 is 10.0 Å². The third-order valence-corrected chi connectivity index (χ3v) is 3.96. The van der Waals surface area contributed by atoms with Crippen LogP contribution in [0.15, 0.2) is 41.7 Å². The van der Waals surface area contributed by atoms with Crippen molar-refractivity contribution in [2.75, 3.05) is 17.1 Å². The lowest BCUT2D eigenvalue weighted by atomic mass is 10.3. The van der Waals surface area contributed by atoms with E-state index in [9.17, 15) is 8.42 Å². The van der Waals surface area contributed by atoms with Gasteiger partial charge in [0.05, 0.1) is 5.69 Å². The lowest BCUT2D eigenvalue weighted by Crippen LogP contribution is -2.16. The van der Waals surface area contributed by atoms with Crippen LogP contribution in [0.1, 0.15) is 5.56 Å². The summed E-state index contributed by atoms with van der Waals surface area (Å²) < 4.78 is 27.2. The Bertz CT molecular complexity index is 686.